The number of hydrogen-bond donors (Lipinski definition) is 1. The fraction of sp³-hybridized carbons (Fsp3) is 0.375. The van der Waals surface area contributed by atoms with E-state index in [1.54, 1.807) is 7.05 Å². The van der Waals surface area contributed by atoms with Gasteiger partial charge in [0.1, 0.15) is 5.03 Å². The number of nitrogens with one attached hydrogen (secondary N) is 1. The van der Waals surface area contributed by atoms with Crippen LogP contribution in [0.2, 0.25) is 0 Å². The molecule has 74 valence electrons. The van der Waals surface area contributed by atoms with E-state index < -0.39 is 11.1 Å². The first-order valence-corrected chi connectivity index (χ1v) is 4.81. The highest BCUT2D eigenvalue weighted by Gasteiger charge is 1.90. The quantitative estimate of drug-likeness (QED) is 0.522. The van der Waals surface area contributed by atoms with Crippen LogP contribution in [0.4, 0.5) is 0 Å². The Morgan fingerprint density at radius 2 is 2.38 bits per heavy atom. The van der Waals surface area contributed by atoms with E-state index in [4.69, 9.17) is 0 Å². The summed E-state index contributed by atoms with van der Waals surface area (Å²) in [6.45, 7) is 5.77. The lowest BCUT2D eigenvalue weighted by molar-refractivity contribution is 0.543. The van der Waals surface area contributed by atoms with E-state index in [1.165, 1.54) is 6.21 Å². The molecule has 1 atom stereocenters. The molecule has 0 saturated carbocycles. The van der Waals surface area contributed by atoms with Gasteiger partial charge in [-0.15, -0.1) is 0 Å². The molecular formula is C8H13N2O2S-. The fourth-order valence-corrected chi connectivity index (χ4v) is 0.763. The van der Waals surface area contributed by atoms with E-state index in [1.807, 2.05) is 13.0 Å². The summed E-state index contributed by atoms with van der Waals surface area (Å²) in [4.78, 5) is 3.67. The molecule has 5 heteroatoms. The standard InChI is InChI=1S/C8H14N2O2S/c1-4-8(5-9-3)6-10-7(2)13(11)12/h4,6,9H,2,5H2,1,3H3,(H,11,12)/p-1/b8-4-,10-6?. The molecule has 1 unspecified atom stereocenters. The summed E-state index contributed by atoms with van der Waals surface area (Å²) >= 11 is -2.32. The van der Waals surface area contributed by atoms with Crippen LogP contribution in [0.15, 0.2) is 28.2 Å². The molecule has 0 saturated heterocycles. The predicted octanol–water partition coefficient (Wildman–Crippen LogP) is 0.573. The zero-order chi connectivity index (χ0) is 10.3. The third kappa shape index (κ3) is 5.46. The zero-order valence-corrected chi connectivity index (χ0v) is 8.56. The summed E-state index contributed by atoms with van der Waals surface area (Å²) in [6.07, 6.45) is 3.33. The number of aliphatic imine (C=N–C) groups is 1. The topological polar surface area (TPSA) is 64.5 Å². The molecule has 1 N–H and O–H groups in total. The van der Waals surface area contributed by atoms with Gasteiger partial charge in [-0.3, -0.25) is 4.21 Å². The Bertz CT molecular complexity index is 259. The van der Waals surface area contributed by atoms with Crippen LogP contribution in [0.3, 0.4) is 0 Å². The van der Waals surface area contributed by atoms with Crippen molar-refractivity contribution in [2.24, 2.45) is 4.99 Å². The van der Waals surface area contributed by atoms with Crippen LogP contribution in [-0.2, 0) is 11.1 Å². The van der Waals surface area contributed by atoms with Crippen molar-refractivity contribution in [1.29, 1.82) is 0 Å². The van der Waals surface area contributed by atoms with E-state index in [2.05, 4.69) is 16.9 Å². The third-order valence-corrected chi connectivity index (χ3v) is 1.81. The predicted molar refractivity (Wildman–Crippen MR) is 54.2 cm³/mol. The minimum atomic E-state index is -2.32. The highest BCUT2D eigenvalue weighted by atomic mass is 32.2. The Morgan fingerprint density at radius 3 is 2.77 bits per heavy atom. The second-order valence-electron chi connectivity index (χ2n) is 2.28. The Kier molecular flexibility index (Phi) is 6.30. The Labute approximate surface area is 80.7 Å². The van der Waals surface area contributed by atoms with E-state index in [0.717, 1.165) is 5.57 Å². The maximum atomic E-state index is 10.3. The van der Waals surface area contributed by atoms with Gasteiger partial charge in [-0.25, -0.2) is 4.99 Å². The second-order valence-corrected chi connectivity index (χ2v) is 3.22. The van der Waals surface area contributed by atoms with Gasteiger partial charge >= 0.3 is 0 Å². The van der Waals surface area contributed by atoms with Crippen molar-refractivity contribution in [1.82, 2.24) is 5.32 Å². The second kappa shape index (κ2) is 6.71. The van der Waals surface area contributed by atoms with Crippen molar-refractivity contribution in [3.8, 4) is 0 Å². The van der Waals surface area contributed by atoms with Gasteiger partial charge in [0, 0.05) is 12.8 Å². The van der Waals surface area contributed by atoms with Crippen LogP contribution in [0.5, 0.6) is 0 Å². The van der Waals surface area contributed by atoms with Crippen molar-refractivity contribution in [2.45, 2.75) is 6.92 Å². The smallest absolute Gasteiger partial charge is 0.106 e. The molecule has 0 spiro atoms. The molecule has 13 heavy (non-hydrogen) atoms. The first kappa shape index (κ1) is 12.2. The van der Waals surface area contributed by atoms with Crippen LogP contribution < -0.4 is 5.32 Å². The van der Waals surface area contributed by atoms with E-state index in [9.17, 15) is 8.76 Å². The van der Waals surface area contributed by atoms with Crippen LogP contribution in [0, 0.1) is 0 Å². The number of allylic oxidation sites excluding steroid dienone is 1. The molecule has 0 aromatic carbocycles. The largest absolute Gasteiger partial charge is 0.767 e. The van der Waals surface area contributed by atoms with E-state index >= 15 is 0 Å². The van der Waals surface area contributed by atoms with Crippen LogP contribution >= 0.6 is 0 Å². The number of hydrogen-bond acceptors (Lipinski definition) is 4. The van der Waals surface area contributed by atoms with Crippen LogP contribution in [-0.4, -0.2) is 28.6 Å². The third-order valence-electron chi connectivity index (χ3n) is 1.32. The minimum absolute atomic E-state index is 0.157. The lowest BCUT2D eigenvalue weighted by Gasteiger charge is -2.03. The molecular weight excluding hydrogens is 188 g/mol. The lowest BCUT2D eigenvalue weighted by Crippen LogP contribution is -2.11. The summed E-state index contributed by atoms with van der Waals surface area (Å²) < 4.78 is 20.6. The summed E-state index contributed by atoms with van der Waals surface area (Å²) in [7, 11) is 1.80. The average molecular weight is 201 g/mol. The molecule has 0 aliphatic carbocycles. The average Bonchev–Trinajstić information content (AvgIpc) is 2.11. The molecule has 0 aliphatic heterocycles. The SMILES string of the molecule is C=C(N=C/C(=C\C)CNC)S(=O)[O-]. The van der Waals surface area contributed by atoms with Gasteiger partial charge in [0.05, 0.1) is 0 Å². The Hall–Kier alpha value is -0.780. The van der Waals surface area contributed by atoms with Gasteiger partial charge in [0.15, 0.2) is 0 Å². The maximum Gasteiger partial charge on any atom is 0.106 e. The molecule has 0 bridgehead atoms. The molecule has 0 radical (unpaired) electrons. The molecule has 4 nitrogen and oxygen atoms in total. The molecule has 0 aliphatic rings. The van der Waals surface area contributed by atoms with Gasteiger partial charge in [-0.1, -0.05) is 12.7 Å². The van der Waals surface area contributed by atoms with Gasteiger partial charge in [0.25, 0.3) is 0 Å². The first-order valence-electron chi connectivity index (χ1n) is 3.73. The molecule has 0 fully saturated rings. The molecule has 0 amide bonds. The van der Waals surface area contributed by atoms with Crippen molar-refractivity contribution >= 4 is 17.3 Å². The van der Waals surface area contributed by atoms with Gasteiger partial charge in [-0.2, -0.15) is 0 Å². The Balaban J connectivity index is 4.24. The first-order chi connectivity index (χ1) is 6.11. The summed E-state index contributed by atoms with van der Waals surface area (Å²) in [6, 6.07) is 0. The summed E-state index contributed by atoms with van der Waals surface area (Å²) in [5.74, 6) is 0. The highest BCUT2D eigenvalue weighted by molar-refractivity contribution is 7.83. The number of likely N-dealkylation sites (N-methyl/N-ethyl adjacent to an activating group) is 1. The maximum absolute atomic E-state index is 10.3. The minimum Gasteiger partial charge on any atom is -0.767 e. The zero-order valence-electron chi connectivity index (χ0n) is 7.74. The van der Waals surface area contributed by atoms with Crippen molar-refractivity contribution in [3.63, 3.8) is 0 Å². The lowest BCUT2D eigenvalue weighted by atomic mass is 10.3. The number of nitrogens with zero attached hydrogens (tertiary/aromatic N) is 1. The van der Waals surface area contributed by atoms with Gasteiger partial charge in [0.2, 0.25) is 0 Å². The normalized spacial score (nSPS) is 14.8. The molecule has 0 heterocycles. The van der Waals surface area contributed by atoms with Crippen molar-refractivity contribution in [2.75, 3.05) is 13.6 Å². The van der Waals surface area contributed by atoms with Crippen LogP contribution in [0.1, 0.15) is 6.92 Å². The Morgan fingerprint density at radius 1 is 1.77 bits per heavy atom. The van der Waals surface area contributed by atoms with E-state index in [0.29, 0.717) is 6.54 Å². The van der Waals surface area contributed by atoms with Gasteiger partial charge in [-0.05, 0) is 30.6 Å². The summed E-state index contributed by atoms with van der Waals surface area (Å²) in [5.41, 5.74) is 0.911. The van der Waals surface area contributed by atoms with E-state index in [-0.39, 0.29) is 5.03 Å². The summed E-state index contributed by atoms with van der Waals surface area (Å²) in [5, 5.41) is 2.77. The fourth-order valence-electron chi connectivity index (χ4n) is 0.624. The van der Waals surface area contributed by atoms with Crippen LogP contribution in [0.25, 0.3) is 0 Å². The molecule has 0 rings (SSSR count). The van der Waals surface area contributed by atoms with Gasteiger partial charge < -0.3 is 9.87 Å². The van der Waals surface area contributed by atoms with Crippen molar-refractivity contribution < 1.29 is 8.76 Å². The molecule has 0 aromatic heterocycles. The monoisotopic (exact) mass is 201 g/mol. The molecule has 0 aromatic rings. The highest BCUT2D eigenvalue weighted by Crippen LogP contribution is 1.97. The van der Waals surface area contributed by atoms with Crippen molar-refractivity contribution in [3.05, 3.63) is 23.3 Å². The number of rotatable bonds is 5.